The van der Waals surface area contributed by atoms with E-state index in [1.165, 1.54) is 10.5 Å². The lowest BCUT2D eigenvalue weighted by molar-refractivity contribution is 0.0550. The van der Waals surface area contributed by atoms with Crippen LogP contribution < -0.4 is 5.32 Å². The number of hydrogen-bond acceptors (Lipinski definition) is 2. The molecule has 100 valence electrons. The third-order valence-corrected chi connectivity index (χ3v) is 2.56. The number of aryl methyl sites for hydroxylation is 1. The van der Waals surface area contributed by atoms with Crippen LogP contribution in [0.25, 0.3) is 0 Å². The molecule has 0 bridgehead atoms. The first kappa shape index (κ1) is 14.5. The molecule has 0 radical (unpaired) electrons. The molecule has 18 heavy (non-hydrogen) atoms. The third-order valence-electron chi connectivity index (χ3n) is 2.56. The van der Waals surface area contributed by atoms with Gasteiger partial charge in [-0.05, 0) is 38.0 Å². The Morgan fingerprint density at radius 1 is 1.44 bits per heavy atom. The van der Waals surface area contributed by atoms with E-state index >= 15 is 0 Å². The zero-order valence-corrected chi connectivity index (χ0v) is 11.5. The van der Waals surface area contributed by atoms with Gasteiger partial charge in [0.05, 0.1) is 12.1 Å². The summed E-state index contributed by atoms with van der Waals surface area (Å²) in [6.07, 6.45) is 0.934. The molecule has 0 aromatic heterocycles. The standard InChI is InChI=1S/C14H22N2O2/c1-5-11-7-6-8-12(9-11)15-13(17)16(4)10-14(2,3)18/h6-9,18H,5,10H2,1-4H3,(H,15,17). The Hall–Kier alpha value is -1.55. The smallest absolute Gasteiger partial charge is 0.321 e. The Kier molecular flexibility index (Phi) is 4.73. The van der Waals surface area contributed by atoms with Crippen molar-refractivity contribution < 1.29 is 9.90 Å². The minimum absolute atomic E-state index is 0.217. The van der Waals surface area contributed by atoms with Gasteiger partial charge in [-0.1, -0.05) is 19.1 Å². The molecule has 0 saturated carbocycles. The molecule has 0 fully saturated rings. The van der Waals surface area contributed by atoms with E-state index in [9.17, 15) is 9.90 Å². The topological polar surface area (TPSA) is 52.6 Å². The highest BCUT2D eigenvalue weighted by Crippen LogP contribution is 2.12. The zero-order valence-electron chi connectivity index (χ0n) is 11.5. The quantitative estimate of drug-likeness (QED) is 0.862. The van der Waals surface area contributed by atoms with E-state index < -0.39 is 5.60 Å². The number of nitrogens with one attached hydrogen (secondary N) is 1. The Labute approximate surface area is 109 Å². The van der Waals surface area contributed by atoms with Crippen LogP contribution in [0.4, 0.5) is 10.5 Å². The molecule has 0 saturated heterocycles. The number of benzene rings is 1. The van der Waals surface area contributed by atoms with Crippen LogP contribution in [0.15, 0.2) is 24.3 Å². The molecule has 0 atom stereocenters. The molecule has 2 N–H and O–H groups in total. The molecular weight excluding hydrogens is 228 g/mol. The van der Waals surface area contributed by atoms with Crippen LogP contribution in [0.2, 0.25) is 0 Å². The number of hydrogen-bond donors (Lipinski definition) is 2. The molecule has 0 unspecified atom stereocenters. The van der Waals surface area contributed by atoms with Crippen molar-refractivity contribution in [2.45, 2.75) is 32.8 Å². The van der Waals surface area contributed by atoms with Gasteiger partial charge >= 0.3 is 6.03 Å². The fraction of sp³-hybridized carbons (Fsp3) is 0.500. The fourth-order valence-corrected chi connectivity index (χ4v) is 1.74. The molecule has 0 aliphatic heterocycles. The molecule has 0 aliphatic carbocycles. The summed E-state index contributed by atoms with van der Waals surface area (Å²) in [7, 11) is 1.66. The summed E-state index contributed by atoms with van der Waals surface area (Å²) in [5.74, 6) is 0. The summed E-state index contributed by atoms with van der Waals surface area (Å²) in [6.45, 7) is 5.70. The van der Waals surface area contributed by atoms with Gasteiger partial charge in [-0.2, -0.15) is 0 Å². The van der Waals surface area contributed by atoms with Crippen LogP contribution in [-0.2, 0) is 6.42 Å². The highest BCUT2D eigenvalue weighted by Gasteiger charge is 2.19. The SMILES string of the molecule is CCc1cccc(NC(=O)N(C)CC(C)(C)O)c1. The Morgan fingerprint density at radius 2 is 2.11 bits per heavy atom. The van der Waals surface area contributed by atoms with Crippen LogP contribution in [0.1, 0.15) is 26.3 Å². The predicted octanol–water partition coefficient (Wildman–Crippen LogP) is 2.48. The fourth-order valence-electron chi connectivity index (χ4n) is 1.74. The first-order valence-electron chi connectivity index (χ1n) is 6.15. The van der Waals surface area contributed by atoms with Crippen molar-refractivity contribution in [3.05, 3.63) is 29.8 Å². The van der Waals surface area contributed by atoms with Crippen molar-refractivity contribution in [3.63, 3.8) is 0 Å². The second-order valence-electron chi connectivity index (χ2n) is 5.15. The van der Waals surface area contributed by atoms with E-state index in [0.29, 0.717) is 0 Å². The second kappa shape index (κ2) is 5.87. The van der Waals surface area contributed by atoms with E-state index in [-0.39, 0.29) is 12.6 Å². The van der Waals surface area contributed by atoms with E-state index in [1.54, 1.807) is 20.9 Å². The van der Waals surface area contributed by atoms with Gasteiger partial charge < -0.3 is 15.3 Å². The summed E-state index contributed by atoms with van der Waals surface area (Å²) in [5, 5.41) is 12.5. The first-order chi connectivity index (χ1) is 8.31. The molecular formula is C14H22N2O2. The largest absolute Gasteiger partial charge is 0.389 e. The van der Waals surface area contributed by atoms with Gasteiger partial charge in [0.15, 0.2) is 0 Å². The van der Waals surface area contributed by atoms with Crippen LogP contribution in [0.5, 0.6) is 0 Å². The molecule has 1 aromatic carbocycles. The Morgan fingerprint density at radius 3 is 2.67 bits per heavy atom. The molecule has 1 aromatic rings. The van der Waals surface area contributed by atoms with Crippen LogP contribution in [-0.4, -0.2) is 35.2 Å². The molecule has 0 heterocycles. The maximum Gasteiger partial charge on any atom is 0.321 e. The molecule has 0 aliphatic rings. The zero-order chi connectivity index (χ0) is 13.8. The van der Waals surface area contributed by atoms with Gasteiger partial charge in [0, 0.05) is 12.7 Å². The predicted molar refractivity (Wildman–Crippen MR) is 73.8 cm³/mol. The van der Waals surface area contributed by atoms with E-state index in [4.69, 9.17) is 0 Å². The lowest BCUT2D eigenvalue weighted by Crippen LogP contribution is -2.41. The van der Waals surface area contributed by atoms with Crippen molar-refractivity contribution in [2.24, 2.45) is 0 Å². The minimum Gasteiger partial charge on any atom is -0.389 e. The molecule has 0 spiro atoms. The van der Waals surface area contributed by atoms with Crippen molar-refractivity contribution in [3.8, 4) is 0 Å². The summed E-state index contributed by atoms with van der Waals surface area (Å²) in [4.78, 5) is 13.4. The summed E-state index contributed by atoms with van der Waals surface area (Å²) >= 11 is 0. The molecule has 1 rings (SSSR count). The number of carbonyl (C=O) groups excluding carboxylic acids is 1. The van der Waals surface area contributed by atoms with E-state index in [0.717, 1.165) is 12.1 Å². The number of amides is 2. The van der Waals surface area contributed by atoms with Crippen molar-refractivity contribution >= 4 is 11.7 Å². The average molecular weight is 250 g/mol. The van der Waals surface area contributed by atoms with Gasteiger partial charge in [-0.15, -0.1) is 0 Å². The normalized spacial score (nSPS) is 11.2. The minimum atomic E-state index is -0.892. The number of likely N-dealkylation sites (N-methyl/N-ethyl adjacent to an activating group) is 1. The molecule has 4 nitrogen and oxygen atoms in total. The number of nitrogens with zero attached hydrogens (tertiary/aromatic N) is 1. The lowest BCUT2D eigenvalue weighted by atomic mass is 10.1. The first-order valence-corrected chi connectivity index (χ1v) is 6.15. The molecule has 2 amide bonds. The average Bonchev–Trinajstić information content (AvgIpc) is 2.27. The van der Waals surface area contributed by atoms with Crippen molar-refractivity contribution in [1.29, 1.82) is 0 Å². The van der Waals surface area contributed by atoms with Crippen LogP contribution >= 0.6 is 0 Å². The van der Waals surface area contributed by atoms with E-state index in [1.807, 2.05) is 24.3 Å². The van der Waals surface area contributed by atoms with Gasteiger partial charge in [0.1, 0.15) is 0 Å². The van der Waals surface area contributed by atoms with Gasteiger partial charge in [0.2, 0.25) is 0 Å². The number of urea groups is 1. The highest BCUT2D eigenvalue weighted by molar-refractivity contribution is 5.89. The summed E-state index contributed by atoms with van der Waals surface area (Å²) in [5.41, 5.74) is 1.07. The number of aliphatic hydroxyl groups is 1. The Bertz CT molecular complexity index is 411. The summed E-state index contributed by atoms with van der Waals surface area (Å²) < 4.78 is 0. The highest BCUT2D eigenvalue weighted by atomic mass is 16.3. The van der Waals surface area contributed by atoms with Crippen LogP contribution in [0, 0.1) is 0 Å². The monoisotopic (exact) mass is 250 g/mol. The van der Waals surface area contributed by atoms with Gasteiger partial charge in [-0.25, -0.2) is 4.79 Å². The molecule has 4 heteroatoms. The van der Waals surface area contributed by atoms with Crippen LogP contribution in [0.3, 0.4) is 0 Å². The van der Waals surface area contributed by atoms with Gasteiger partial charge in [0.25, 0.3) is 0 Å². The second-order valence-corrected chi connectivity index (χ2v) is 5.15. The Balaban J connectivity index is 2.63. The maximum absolute atomic E-state index is 11.9. The van der Waals surface area contributed by atoms with Gasteiger partial charge in [-0.3, -0.25) is 0 Å². The third kappa shape index (κ3) is 4.75. The van der Waals surface area contributed by atoms with Crippen molar-refractivity contribution in [2.75, 3.05) is 18.9 Å². The number of anilines is 1. The van der Waals surface area contributed by atoms with E-state index in [2.05, 4.69) is 12.2 Å². The maximum atomic E-state index is 11.9. The van der Waals surface area contributed by atoms with Crippen molar-refractivity contribution in [1.82, 2.24) is 4.90 Å². The number of rotatable bonds is 4. The lowest BCUT2D eigenvalue weighted by Gasteiger charge is -2.25. The number of carbonyl (C=O) groups is 1. The summed E-state index contributed by atoms with van der Waals surface area (Å²) in [6, 6.07) is 7.54.